The fraction of sp³-hybridized carbons (Fsp3) is 0.550. The molecule has 2 fully saturated rings. The van der Waals surface area contributed by atoms with Crippen LogP contribution in [0.2, 0.25) is 0 Å². The highest BCUT2D eigenvalue weighted by Crippen LogP contribution is 2.25. The van der Waals surface area contributed by atoms with Gasteiger partial charge in [-0.15, -0.1) is 0 Å². The average molecular weight is 422 g/mol. The molecule has 1 aromatic rings. The van der Waals surface area contributed by atoms with Gasteiger partial charge in [0, 0.05) is 31.1 Å². The van der Waals surface area contributed by atoms with E-state index in [-0.39, 0.29) is 41.5 Å². The molecule has 3 rings (SSSR count). The molecule has 2 saturated heterocycles. The molecule has 0 aromatic heterocycles. The topological polar surface area (TPSA) is 113 Å². The van der Waals surface area contributed by atoms with Crippen molar-refractivity contribution in [2.24, 2.45) is 5.92 Å². The van der Waals surface area contributed by atoms with E-state index >= 15 is 0 Å². The number of amides is 2. The monoisotopic (exact) mass is 421 g/mol. The van der Waals surface area contributed by atoms with E-state index in [2.05, 4.69) is 10.6 Å². The van der Waals surface area contributed by atoms with Crippen molar-refractivity contribution in [3.8, 4) is 0 Å². The fourth-order valence-electron chi connectivity index (χ4n) is 3.75. The van der Waals surface area contributed by atoms with Crippen LogP contribution in [0.1, 0.15) is 49.4 Å². The van der Waals surface area contributed by atoms with Crippen LogP contribution in [0, 0.1) is 5.92 Å². The van der Waals surface area contributed by atoms with E-state index in [1.807, 2.05) is 0 Å². The van der Waals surface area contributed by atoms with E-state index in [9.17, 15) is 22.8 Å². The molecule has 0 saturated carbocycles. The zero-order valence-electron chi connectivity index (χ0n) is 16.5. The van der Waals surface area contributed by atoms with Crippen LogP contribution in [0.5, 0.6) is 0 Å². The number of sulfonamides is 1. The van der Waals surface area contributed by atoms with Gasteiger partial charge in [0.2, 0.25) is 21.8 Å². The first-order valence-electron chi connectivity index (χ1n) is 9.98. The molecule has 0 radical (unpaired) electrons. The lowest BCUT2D eigenvalue weighted by Crippen LogP contribution is -2.49. The molecule has 2 aliphatic rings. The quantitative estimate of drug-likeness (QED) is 0.691. The summed E-state index contributed by atoms with van der Waals surface area (Å²) >= 11 is 0. The summed E-state index contributed by atoms with van der Waals surface area (Å²) in [5.41, 5.74) is 0.349. The normalized spacial score (nSPS) is 21.8. The van der Waals surface area contributed by atoms with Crippen LogP contribution in [0.3, 0.4) is 0 Å². The second kappa shape index (κ2) is 9.04. The number of nitrogens with one attached hydrogen (secondary N) is 2. The molecule has 1 aromatic carbocycles. The van der Waals surface area contributed by atoms with Crippen molar-refractivity contribution in [1.29, 1.82) is 0 Å². The highest BCUT2D eigenvalue weighted by atomic mass is 32.2. The summed E-state index contributed by atoms with van der Waals surface area (Å²) in [6, 6.07) is 5.50. The summed E-state index contributed by atoms with van der Waals surface area (Å²) < 4.78 is 27.2. The van der Waals surface area contributed by atoms with Crippen LogP contribution >= 0.6 is 0 Å². The predicted molar refractivity (Wildman–Crippen MR) is 107 cm³/mol. The summed E-state index contributed by atoms with van der Waals surface area (Å²) in [5.74, 6) is -0.857. The van der Waals surface area contributed by atoms with Gasteiger partial charge in [0.25, 0.3) is 0 Å². The molecule has 9 heteroatoms. The first-order valence-corrected chi connectivity index (χ1v) is 11.4. The van der Waals surface area contributed by atoms with Crippen LogP contribution in [-0.4, -0.2) is 56.0 Å². The molecule has 2 amide bonds. The maximum atomic E-state index is 12.9. The van der Waals surface area contributed by atoms with Gasteiger partial charge in [0.15, 0.2) is 5.78 Å². The maximum Gasteiger partial charge on any atom is 0.243 e. The fourth-order valence-corrected chi connectivity index (χ4v) is 5.27. The van der Waals surface area contributed by atoms with Crippen molar-refractivity contribution in [3.63, 3.8) is 0 Å². The number of piperidine rings is 1. The smallest absolute Gasteiger partial charge is 0.243 e. The lowest BCUT2D eigenvalue weighted by atomic mass is 9.96. The molecule has 0 aliphatic carbocycles. The van der Waals surface area contributed by atoms with Crippen LogP contribution in [0.15, 0.2) is 29.2 Å². The Balaban J connectivity index is 1.60. The van der Waals surface area contributed by atoms with E-state index < -0.39 is 16.1 Å². The number of hydrogen-bond acceptors (Lipinski definition) is 5. The number of carbonyl (C=O) groups excluding carboxylic acids is 3. The molecule has 2 N–H and O–H groups in total. The number of rotatable bonds is 5. The summed E-state index contributed by atoms with van der Waals surface area (Å²) in [7, 11) is -3.72. The minimum absolute atomic E-state index is 0.0863. The third-order valence-corrected chi connectivity index (χ3v) is 7.45. The number of nitrogens with zero attached hydrogens (tertiary/aromatic N) is 1. The van der Waals surface area contributed by atoms with Crippen LogP contribution in [0.4, 0.5) is 0 Å². The first kappa shape index (κ1) is 21.4. The lowest BCUT2D eigenvalue weighted by Gasteiger charge is -2.31. The first-order chi connectivity index (χ1) is 13.8. The Hall–Kier alpha value is -2.26. The third kappa shape index (κ3) is 5.02. The summed E-state index contributed by atoms with van der Waals surface area (Å²) in [6.07, 6.45) is 3.19. The van der Waals surface area contributed by atoms with Crippen LogP contribution < -0.4 is 10.6 Å². The van der Waals surface area contributed by atoms with Gasteiger partial charge in [-0.25, -0.2) is 8.42 Å². The molecule has 2 heterocycles. The van der Waals surface area contributed by atoms with Crippen LogP contribution in [-0.2, 0) is 19.6 Å². The molecule has 29 heavy (non-hydrogen) atoms. The Morgan fingerprint density at radius 3 is 2.55 bits per heavy atom. The van der Waals surface area contributed by atoms with Gasteiger partial charge >= 0.3 is 0 Å². The molecular weight excluding hydrogens is 394 g/mol. The number of benzene rings is 1. The van der Waals surface area contributed by atoms with Crippen molar-refractivity contribution in [2.45, 2.75) is 50.0 Å². The number of Topliss-reactive ketones (excluding diaryl/α,β-unsaturated/α-hetero) is 1. The zero-order valence-corrected chi connectivity index (χ0v) is 17.3. The summed E-state index contributed by atoms with van der Waals surface area (Å²) in [5, 5.41) is 5.62. The number of ketones is 1. The van der Waals surface area contributed by atoms with E-state index in [0.717, 1.165) is 12.8 Å². The van der Waals surface area contributed by atoms with Gasteiger partial charge in [0.1, 0.15) is 6.04 Å². The molecule has 1 unspecified atom stereocenters. The Labute approximate surface area is 171 Å². The predicted octanol–water partition coefficient (Wildman–Crippen LogP) is 1.07. The Kier molecular flexibility index (Phi) is 6.69. The Morgan fingerprint density at radius 1 is 1.14 bits per heavy atom. The SMILES string of the molecule is CC(=O)c1cccc(S(=O)(=O)N2CCC(C(=O)NC3CCCCNC3=O)CC2)c1. The van der Waals surface area contributed by atoms with E-state index in [1.54, 1.807) is 12.1 Å². The van der Waals surface area contributed by atoms with Crippen molar-refractivity contribution < 1.29 is 22.8 Å². The minimum Gasteiger partial charge on any atom is -0.354 e. The van der Waals surface area contributed by atoms with Crippen molar-refractivity contribution in [1.82, 2.24) is 14.9 Å². The number of hydrogen-bond donors (Lipinski definition) is 2. The van der Waals surface area contributed by atoms with Crippen LogP contribution in [0.25, 0.3) is 0 Å². The van der Waals surface area contributed by atoms with Crippen molar-refractivity contribution in [2.75, 3.05) is 19.6 Å². The maximum absolute atomic E-state index is 12.9. The summed E-state index contributed by atoms with van der Waals surface area (Å²) in [4.78, 5) is 36.2. The van der Waals surface area contributed by atoms with E-state index in [4.69, 9.17) is 0 Å². The van der Waals surface area contributed by atoms with Gasteiger partial charge in [-0.2, -0.15) is 4.31 Å². The highest BCUT2D eigenvalue weighted by molar-refractivity contribution is 7.89. The highest BCUT2D eigenvalue weighted by Gasteiger charge is 2.33. The van der Waals surface area contributed by atoms with E-state index in [0.29, 0.717) is 31.4 Å². The average Bonchev–Trinajstić information content (AvgIpc) is 2.92. The molecule has 8 nitrogen and oxygen atoms in total. The Bertz CT molecular complexity index is 891. The molecule has 0 bridgehead atoms. The third-order valence-electron chi connectivity index (χ3n) is 5.55. The minimum atomic E-state index is -3.72. The van der Waals surface area contributed by atoms with Gasteiger partial charge in [-0.1, -0.05) is 12.1 Å². The molecule has 158 valence electrons. The second-order valence-corrected chi connectivity index (χ2v) is 9.55. The van der Waals surface area contributed by atoms with Crippen molar-refractivity contribution in [3.05, 3.63) is 29.8 Å². The standard InChI is InChI=1S/C20H27N3O5S/c1-14(24)16-5-4-6-17(13-16)29(27,28)23-11-8-15(9-12-23)19(25)22-18-7-2-3-10-21-20(18)26/h4-6,13,15,18H,2-3,7-12H2,1H3,(H,21,26)(H,22,25). The second-order valence-electron chi connectivity index (χ2n) is 7.61. The Morgan fingerprint density at radius 2 is 1.86 bits per heavy atom. The summed E-state index contributed by atoms with van der Waals surface area (Å²) in [6.45, 7) is 2.47. The van der Waals surface area contributed by atoms with Crippen molar-refractivity contribution >= 4 is 27.6 Å². The van der Waals surface area contributed by atoms with Gasteiger partial charge in [-0.3, -0.25) is 14.4 Å². The molecular formula is C20H27N3O5S. The molecule has 0 spiro atoms. The van der Waals surface area contributed by atoms with Gasteiger partial charge < -0.3 is 10.6 Å². The van der Waals surface area contributed by atoms with E-state index in [1.165, 1.54) is 23.4 Å². The largest absolute Gasteiger partial charge is 0.354 e. The van der Waals surface area contributed by atoms with Gasteiger partial charge in [-0.05, 0) is 51.2 Å². The zero-order chi connectivity index (χ0) is 21.0. The molecule has 1 atom stereocenters. The van der Waals surface area contributed by atoms with Gasteiger partial charge in [0.05, 0.1) is 4.90 Å². The number of carbonyl (C=O) groups is 3. The molecule has 2 aliphatic heterocycles. The lowest BCUT2D eigenvalue weighted by molar-refractivity contribution is -0.131.